The Kier molecular flexibility index (Phi) is 4.95. The van der Waals surface area contributed by atoms with Crippen LogP contribution < -0.4 is 5.32 Å². The van der Waals surface area contributed by atoms with Crippen LogP contribution in [0, 0.1) is 5.82 Å². The van der Waals surface area contributed by atoms with Crippen LogP contribution in [0.3, 0.4) is 0 Å². The van der Waals surface area contributed by atoms with Gasteiger partial charge in [-0.25, -0.2) is 9.37 Å². The Morgan fingerprint density at radius 3 is 3.00 bits per heavy atom. The van der Waals surface area contributed by atoms with Crippen LogP contribution in [0.25, 0.3) is 11.0 Å². The van der Waals surface area contributed by atoms with Gasteiger partial charge in [0.15, 0.2) is 0 Å². The SMILES string of the molecule is CCCCNC(=O)Cn1c(CCl)nc2cc(F)ccc21. The van der Waals surface area contributed by atoms with Crippen LogP contribution in [0.1, 0.15) is 25.6 Å². The fourth-order valence-corrected chi connectivity index (χ4v) is 2.24. The lowest BCUT2D eigenvalue weighted by molar-refractivity contribution is -0.121. The lowest BCUT2D eigenvalue weighted by Crippen LogP contribution is -2.28. The van der Waals surface area contributed by atoms with Crippen LogP contribution in [-0.4, -0.2) is 22.0 Å². The average molecular weight is 298 g/mol. The van der Waals surface area contributed by atoms with Crippen LogP contribution in [0.4, 0.5) is 4.39 Å². The first-order valence-corrected chi connectivity index (χ1v) is 7.16. The van der Waals surface area contributed by atoms with Crippen LogP contribution in [-0.2, 0) is 17.2 Å². The predicted molar refractivity (Wildman–Crippen MR) is 77.2 cm³/mol. The van der Waals surface area contributed by atoms with E-state index in [0.717, 1.165) is 12.8 Å². The van der Waals surface area contributed by atoms with Crippen molar-refractivity contribution >= 4 is 28.5 Å². The third-order valence-corrected chi connectivity index (χ3v) is 3.30. The quantitative estimate of drug-likeness (QED) is 0.658. The molecule has 0 radical (unpaired) electrons. The Labute approximate surface area is 121 Å². The average Bonchev–Trinajstić information content (AvgIpc) is 2.76. The van der Waals surface area contributed by atoms with Gasteiger partial charge in [-0.15, -0.1) is 11.6 Å². The summed E-state index contributed by atoms with van der Waals surface area (Å²) in [6.45, 7) is 2.87. The number of halogens is 2. The molecule has 0 spiro atoms. The molecular weight excluding hydrogens is 281 g/mol. The molecule has 0 aliphatic carbocycles. The molecule has 1 amide bonds. The minimum absolute atomic E-state index is 0.0894. The molecule has 1 heterocycles. The molecule has 6 heteroatoms. The van der Waals surface area contributed by atoms with Gasteiger partial charge in [0.1, 0.15) is 18.2 Å². The monoisotopic (exact) mass is 297 g/mol. The molecule has 2 rings (SSSR count). The number of unbranched alkanes of at least 4 members (excludes halogenated alkanes) is 1. The molecule has 1 aromatic heterocycles. The number of fused-ring (bicyclic) bond motifs is 1. The summed E-state index contributed by atoms with van der Waals surface area (Å²) in [6.07, 6.45) is 1.98. The first-order chi connectivity index (χ1) is 9.65. The number of amides is 1. The topological polar surface area (TPSA) is 46.9 Å². The number of alkyl halides is 1. The fourth-order valence-electron chi connectivity index (χ4n) is 2.04. The summed E-state index contributed by atoms with van der Waals surface area (Å²) >= 11 is 5.84. The summed E-state index contributed by atoms with van der Waals surface area (Å²) in [4.78, 5) is 16.1. The summed E-state index contributed by atoms with van der Waals surface area (Å²) < 4.78 is 14.9. The number of nitrogens with one attached hydrogen (secondary N) is 1. The highest BCUT2D eigenvalue weighted by atomic mass is 35.5. The molecule has 0 unspecified atom stereocenters. The van der Waals surface area contributed by atoms with Crippen molar-refractivity contribution in [1.29, 1.82) is 0 Å². The second-order valence-corrected chi connectivity index (χ2v) is 4.85. The largest absolute Gasteiger partial charge is 0.355 e. The van der Waals surface area contributed by atoms with Crippen LogP contribution in [0.5, 0.6) is 0 Å². The van der Waals surface area contributed by atoms with E-state index in [9.17, 15) is 9.18 Å². The van der Waals surface area contributed by atoms with Crippen molar-refractivity contribution < 1.29 is 9.18 Å². The van der Waals surface area contributed by atoms with Crippen molar-refractivity contribution in [3.8, 4) is 0 Å². The number of rotatable bonds is 6. The van der Waals surface area contributed by atoms with Crippen molar-refractivity contribution in [2.75, 3.05) is 6.54 Å². The summed E-state index contributed by atoms with van der Waals surface area (Å²) in [5.74, 6) is 0.306. The zero-order chi connectivity index (χ0) is 14.5. The van der Waals surface area contributed by atoms with Gasteiger partial charge in [0.25, 0.3) is 0 Å². The highest BCUT2D eigenvalue weighted by Crippen LogP contribution is 2.18. The Morgan fingerprint density at radius 1 is 1.50 bits per heavy atom. The van der Waals surface area contributed by atoms with Gasteiger partial charge in [-0.1, -0.05) is 13.3 Å². The highest BCUT2D eigenvalue weighted by Gasteiger charge is 2.13. The standard InChI is InChI=1S/C14H17ClFN3O/c1-2-3-6-17-14(20)9-19-12-5-4-10(16)7-11(12)18-13(19)8-15/h4-5,7H,2-3,6,8-9H2,1H3,(H,17,20). The lowest BCUT2D eigenvalue weighted by atomic mass is 10.3. The smallest absolute Gasteiger partial charge is 0.240 e. The van der Waals surface area contributed by atoms with Gasteiger partial charge in [-0.05, 0) is 18.6 Å². The van der Waals surface area contributed by atoms with Gasteiger partial charge in [0.05, 0.1) is 16.9 Å². The number of benzene rings is 1. The molecule has 2 aromatic rings. The van der Waals surface area contributed by atoms with E-state index in [-0.39, 0.29) is 24.1 Å². The van der Waals surface area contributed by atoms with Gasteiger partial charge in [-0.3, -0.25) is 4.79 Å². The molecule has 0 atom stereocenters. The molecule has 20 heavy (non-hydrogen) atoms. The summed E-state index contributed by atoms with van der Waals surface area (Å²) in [5, 5.41) is 2.84. The molecule has 0 bridgehead atoms. The first kappa shape index (κ1) is 14.8. The Bertz CT molecular complexity index is 612. The lowest BCUT2D eigenvalue weighted by Gasteiger charge is -2.08. The number of hydrogen-bond donors (Lipinski definition) is 1. The van der Waals surface area contributed by atoms with E-state index in [2.05, 4.69) is 17.2 Å². The summed E-state index contributed by atoms with van der Waals surface area (Å²) in [7, 11) is 0. The van der Waals surface area contributed by atoms with Crippen molar-refractivity contribution in [2.24, 2.45) is 0 Å². The van der Waals surface area contributed by atoms with E-state index >= 15 is 0 Å². The highest BCUT2D eigenvalue weighted by molar-refractivity contribution is 6.16. The minimum Gasteiger partial charge on any atom is -0.355 e. The molecule has 0 aliphatic heterocycles. The van der Waals surface area contributed by atoms with E-state index in [1.807, 2.05) is 0 Å². The zero-order valence-corrected chi connectivity index (χ0v) is 12.1. The molecule has 0 aliphatic rings. The first-order valence-electron chi connectivity index (χ1n) is 6.63. The van der Waals surface area contributed by atoms with Crippen molar-refractivity contribution in [2.45, 2.75) is 32.2 Å². The molecule has 1 N–H and O–H groups in total. The van der Waals surface area contributed by atoms with Crippen molar-refractivity contribution in [3.63, 3.8) is 0 Å². The van der Waals surface area contributed by atoms with Gasteiger partial charge in [0, 0.05) is 12.6 Å². The number of carbonyl (C=O) groups excluding carboxylic acids is 1. The predicted octanol–water partition coefficient (Wildman–Crippen LogP) is 2.83. The second-order valence-electron chi connectivity index (χ2n) is 4.58. The molecule has 0 saturated carbocycles. The maximum Gasteiger partial charge on any atom is 0.240 e. The van der Waals surface area contributed by atoms with Gasteiger partial charge in [0.2, 0.25) is 5.91 Å². The maximum absolute atomic E-state index is 13.2. The fraction of sp³-hybridized carbons (Fsp3) is 0.429. The minimum atomic E-state index is -0.351. The van der Waals surface area contributed by atoms with E-state index in [1.165, 1.54) is 12.1 Å². The van der Waals surface area contributed by atoms with Crippen molar-refractivity contribution in [3.05, 3.63) is 29.8 Å². The van der Waals surface area contributed by atoms with E-state index in [1.54, 1.807) is 10.6 Å². The van der Waals surface area contributed by atoms with Crippen LogP contribution >= 0.6 is 11.6 Å². The zero-order valence-electron chi connectivity index (χ0n) is 11.3. The molecule has 108 valence electrons. The number of imidazole rings is 1. The second kappa shape index (κ2) is 6.70. The molecular formula is C14H17ClFN3O. The van der Waals surface area contributed by atoms with Gasteiger partial charge < -0.3 is 9.88 Å². The molecule has 4 nitrogen and oxygen atoms in total. The summed E-state index contributed by atoms with van der Waals surface area (Å²) in [5.41, 5.74) is 1.23. The summed E-state index contributed by atoms with van der Waals surface area (Å²) in [6, 6.07) is 4.32. The van der Waals surface area contributed by atoms with Gasteiger partial charge in [-0.2, -0.15) is 0 Å². The van der Waals surface area contributed by atoms with E-state index in [0.29, 0.717) is 23.4 Å². The van der Waals surface area contributed by atoms with E-state index in [4.69, 9.17) is 11.6 Å². The molecule has 0 saturated heterocycles. The van der Waals surface area contributed by atoms with Crippen LogP contribution in [0.15, 0.2) is 18.2 Å². The molecule has 1 aromatic carbocycles. The maximum atomic E-state index is 13.2. The third-order valence-electron chi connectivity index (χ3n) is 3.06. The number of hydrogen-bond acceptors (Lipinski definition) is 2. The third kappa shape index (κ3) is 3.28. The van der Waals surface area contributed by atoms with E-state index < -0.39 is 0 Å². The molecule has 0 fully saturated rings. The Balaban J connectivity index is 2.21. The number of nitrogens with zero attached hydrogens (tertiary/aromatic N) is 2. The Morgan fingerprint density at radius 2 is 2.30 bits per heavy atom. The number of aromatic nitrogens is 2. The normalized spacial score (nSPS) is 10.9. The Hall–Kier alpha value is -1.62. The number of carbonyl (C=O) groups is 1. The van der Waals surface area contributed by atoms with Crippen LogP contribution in [0.2, 0.25) is 0 Å². The van der Waals surface area contributed by atoms with Gasteiger partial charge >= 0.3 is 0 Å². The van der Waals surface area contributed by atoms with Crippen molar-refractivity contribution in [1.82, 2.24) is 14.9 Å².